The molecule has 7 heteroatoms. The molecule has 0 saturated carbocycles. The predicted molar refractivity (Wildman–Crippen MR) is 119 cm³/mol. The van der Waals surface area contributed by atoms with E-state index in [0.717, 1.165) is 17.0 Å². The van der Waals surface area contributed by atoms with Crippen molar-refractivity contribution in [3.63, 3.8) is 0 Å². The highest BCUT2D eigenvalue weighted by Gasteiger charge is 2.42. The zero-order valence-electron chi connectivity index (χ0n) is 18.0. The Morgan fingerprint density at radius 1 is 1.00 bits per heavy atom. The van der Waals surface area contributed by atoms with Crippen LogP contribution in [0, 0.1) is 0 Å². The van der Waals surface area contributed by atoms with E-state index in [1.54, 1.807) is 19.5 Å². The predicted octanol–water partition coefficient (Wildman–Crippen LogP) is 4.16. The molecule has 2 aromatic heterocycles. The van der Waals surface area contributed by atoms with Gasteiger partial charge in [-0.15, -0.1) is 0 Å². The lowest BCUT2D eigenvalue weighted by Crippen LogP contribution is -2.40. The van der Waals surface area contributed by atoms with Crippen LogP contribution in [-0.4, -0.2) is 40.2 Å². The number of aliphatic hydroxyl groups is 1. The zero-order valence-corrected chi connectivity index (χ0v) is 18.0. The van der Waals surface area contributed by atoms with Crippen molar-refractivity contribution in [2.75, 3.05) is 14.2 Å². The molecule has 1 aliphatic heterocycles. The number of rotatable bonds is 6. The van der Waals surface area contributed by atoms with Gasteiger partial charge < -0.3 is 14.6 Å². The molecule has 0 aliphatic carbocycles. The van der Waals surface area contributed by atoms with Crippen LogP contribution >= 0.6 is 0 Å². The average Bonchev–Trinajstić information content (AvgIpc) is 2.85. The SMILES string of the molecule is COC(=O)C1=C(O)C[C@H](c2ccccn2)N(Cc2ccc(OC)cc2)[C@@H]1c1ccccn1. The van der Waals surface area contributed by atoms with E-state index in [-0.39, 0.29) is 23.8 Å². The van der Waals surface area contributed by atoms with Crippen molar-refractivity contribution in [1.29, 1.82) is 0 Å². The Kier molecular flexibility index (Phi) is 6.47. The molecule has 0 amide bonds. The Bertz CT molecular complexity index is 1090. The highest BCUT2D eigenvalue weighted by Crippen LogP contribution is 2.44. The van der Waals surface area contributed by atoms with Gasteiger partial charge in [0.2, 0.25) is 0 Å². The van der Waals surface area contributed by atoms with E-state index < -0.39 is 12.0 Å². The van der Waals surface area contributed by atoms with Crippen LogP contribution in [0.1, 0.15) is 35.5 Å². The van der Waals surface area contributed by atoms with Crippen LogP contribution in [0.15, 0.2) is 84.4 Å². The van der Waals surface area contributed by atoms with E-state index in [1.807, 2.05) is 60.7 Å². The van der Waals surface area contributed by atoms with Crippen LogP contribution < -0.4 is 4.74 Å². The quantitative estimate of drug-likeness (QED) is 0.587. The summed E-state index contributed by atoms with van der Waals surface area (Å²) < 4.78 is 10.3. The molecule has 4 rings (SSSR count). The Labute approximate surface area is 187 Å². The van der Waals surface area contributed by atoms with Crippen molar-refractivity contribution in [2.45, 2.75) is 25.0 Å². The molecule has 1 aliphatic rings. The lowest BCUT2D eigenvalue weighted by molar-refractivity contribution is -0.137. The molecule has 7 nitrogen and oxygen atoms in total. The molecule has 0 bridgehead atoms. The number of pyridine rings is 2. The first-order chi connectivity index (χ1) is 15.6. The van der Waals surface area contributed by atoms with E-state index in [2.05, 4.69) is 14.9 Å². The van der Waals surface area contributed by atoms with Gasteiger partial charge in [0, 0.05) is 25.4 Å². The average molecular weight is 431 g/mol. The maximum absolute atomic E-state index is 12.8. The van der Waals surface area contributed by atoms with Crippen LogP contribution in [0.25, 0.3) is 0 Å². The van der Waals surface area contributed by atoms with E-state index >= 15 is 0 Å². The van der Waals surface area contributed by atoms with Gasteiger partial charge in [0.15, 0.2) is 0 Å². The van der Waals surface area contributed by atoms with Gasteiger partial charge in [-0.3, -0.25) is 14.9 Å². The van der Waals surface area contributed by atoms with Gasteiger partial charge in [-0.05, 0) is 42.0 Å². The Balaban J connectivity index is 1.85. The largest absolute Gasteiger partial charge is 0.512 e. The summed E-state index contributed by atoms with van der Waals surface area (Å²) in [5.41, 5.74) is 2.68. The first kappa shape index (κ1) is 21.5. The minimum absolute atomic E-state index is 0.00543. The Morgan fingerprint density at radius 2 is 1.66 bits per heavy atom. The summed E-state index contributed by atoms with van der Waals surface area (Å²) in [6.45, 7) is 0.500. The molecule has 0 unspecified atom stereocenters. The third-order valence-corrected chi connectivity index (χ3v) is 5.63. The van der Waals surface area contributed by atoms with Gasteiger partial charge in [-0.25, -0.2) is 4.79 Å². The van der Waals surface area contributed by atoms with Crippen molar-refractivity contribution in [3.8, 4) is 5.75 Å². The minimum Gasteiger partial charge on any atom is -0.512 e. The molecule has 32 heavy (non-hydrogen) atoms. The van der Waals surface area contributed by atoms with Gasteiger partial charge >= 0.3 is 5.97 Å². The Hall–Kier alpha value is -3.71. The number of carbonyl (C=O) groups excluding carboxylic acids is 1. The molecule has 1 aromatic carbocycles. The molecule has 0 spiro atoms. The van der Waals surface area contributed by atoms with Crippen LogP contribution in [0.3, 0.4) is 0 Å². The maximum atomic E-state index is 12.8. The molecule has 0 saturated heterocycles. The molecule has 0 fully saturated rings. The number of hydrogen-bond donors (Lipinski definition) is 1. The van der Waals surface area contributed by atoms with Crippen LogP contribution in [0.5, 0.6) is 5.75 Å². The summed E-state index contributed by atoms with van der Waals surface area (Å²) >= 11 is 0. The molecule has 3 aromatic rings. The Morgan fingerprint density at radius 3 is 2.22 bits per heavy atom. The summed E-state index contributed by atoms with van der Waals surface area (Å²) in [4.78, 5) is 24.0. The topological polar surface area (TPSA) is 84.8 Å². The molecule has 2 atom stereocenters. The number of nitrogens with zero attached hydrogens (tertiary/aromatic N) is 3. The molecule has 1 N–H and O–H groups in total. The minimum atomic E-state index is -0.605. The van der Waals surface area contributed by atoms with Gasteiger partial charge in [-0.1, -0.05) is 24.3 Å². The number of hydrogen-bond acceptors (Lipinski definition) is 7. The molecule has 0 radical (unpaired) electrons. The number of carbonyl (C=O) groups is 1. The summed E-state index contributed by atoms with van der Waals surface area (Å²) in [5.74, 6) is 0.189. The van der Waals surface area contributed by atoms with E-state index in [1.165, 1.54) is 7.11 Å². The highest BCUT2D eigenvalue weighted by atomic mass is 16.5. The van der Waals surface area contributed by atoms with Crippen molar-refractivity contribution in [2.24, 2.45) is 0 Å². The number of benzene rings is 1. The van der Waals surface area contributed by atoms with E-state index in [0.29, 0.717) is 12.2 Å². The first-order valence-electron chi connectivity index (χ1n) is 10.3. The fourth-order valence-corrected chi connectivity index (χ4v) is 4.10. The summed E-state index contributed by atoms with van der Waals surface area (Å²) in [5, 5.41) is 11.0. The van der Waals surface area contributed by atoms with Crippen molar-refractivity contribution in [1.82, 2.24) is 14.9 Å². The van der Waals surface area contributed by atoms with Gasteiger partial charge in [0.05, 0.1) is 43.3 Å². The molecule has 164 valence electrons. The zero-order chi connectivity index (χ0) is 22.5. The second-order valence-electron chi connectivity index (χ2n) is 7.50. The summed E-state index contributed by atoms with van der Waals surface area (Å²) in [6, 6.07) is 18.1. The van der Waals surface area contributed by atoms with Crippen molar-refractivity contribution in [3.05, 3.63) is 101 Å². The van der Waals surface area contributed by atoms with Crippen LogP contribution in [0.2, 0.25) is 0 Å². The summed E-state index contributed by atoms with van der Waals surface area (Å²) in [6.07, 6.45) is 3.64. The third kappa shape index (κ3) is 4.33. The number of ether oxygens (including phenoxy) is 2. The van der Waals surface area contributed by atoms with Crippen LogP contribution in [-0.2, 0) is 16.1 Å². The molecular weight excluding hydrogens is 406 g/mol. The first-order valence-corrected chi connectivity index (χ1v) is 10.3. The van der Waals surface area contributed by atoms with Gasteiger partial charge in [0.25, 0.3) is 0 Å². The fraction of sp³-hybridized carbons (Fsp3) is 0.240. The second-order valence-corrected chi connectivity index (χ2v) is 7.50. The van der Waals surface area contributed by atoms with Crippen molar-refractivity contribution >= 4 is 5.97 Å². The van der Waals surface area contributed by atoms with Crippen molar-refractivity contribution < 1.29 is 19.4 Å². The molecule has 3 heterocycles. The van der Waals surface area contributed by atoms with E-state index in [9.17, 15) is 9.90 Å². The standard InChI is InChI=1S/C25H25N3O4/c1-31-18-11-9-17(10-12-18)16-28-21(19-7-3-5-13-26-19)15-22(29)23(25(30)32-2)24(28)20-8-4-6-14-27-20/h3-14,21,24,29H,15-16H2,1-2H3/t21-,24-/m1/s1. The second kappa shape index (κ2) is 9.62. The maximum Gasteiger partial charge on any atom is 0.339 e. The van der Waals surface area contributed by atoms with Gasteiger partial charge in [0.1, 0.15) is 11.5 Å². The monoisotopic (exact) mass is 431 g/mol. The lowest BCUT2D eigenvalue weighted by Gasteiger charge is -2.41. The number of aliphatic hydroxyl groups excluding tert-OH is 1. The number of aromatic nitrogens is 2. The number of methoxy groups -OCH3 is 2. The van der Waals surface area contributed by atoms with Crippen LogP contribution in [0.4, 0.5) is 0 Å². The number of esters is 1. The normalized spacial score (nSPS) is 18.9. The highest BCUT2D eigenvalue weighted by molar-refractivity contribution is 5.90. The fourth-order valence-electron chi connectivity index (χ4n) is 4.10. The van der Waals surface area contributed by atoms with E-state index in [4.69, 9.17) is 9.47 Å². The summed E-state index contributed by atoms with van der Waals surface area (Å²) in [7, 11) is 2.95. The molecular formula is C25H25N3O4. The lowest BCUT2D eigenvalue weighted by atomic mass is 9.88. The third-order valence-electron chi connectivity index (χ3n) is 5.63. The smallest absolute Gasteiger partial charge is 0.339 e. The van der Waals surface area contributed by atoms with Gasteiger partial charge in [-0.2, -0.15) is 0 Å².